The summed E-state index contributed by atoms with van der Waals surface area (Å²) in [6.07, 6.45) is 1.37. The van der Waals surface area contributed by atoms with Crippen molar-refractivity contribution in [2.45, 2.75) is 6.92 Å². The summed E-state index contributed by atoms with van der Waals surface area (Å²) in [5.74, 6) is -0.608. The first-order valence-electron chi connectivity index (χ1n) is 8.81. The Morgan fingerprint density at radius 2 is 1.83 bits per heavy atom. The van der Waals surface area contributed by atoms with E-state index in [1.165, 1.54) is 30.5 Å². The van der Waals surface area contributed by atoms with Crippen LogP contribution in [0.2, 0.25) is 0 Å². The van der Waals surface area contributed by atoms with Gasteiger partial charge >= 0.3 is 5.97 Å². The van der Waals surface area contributed by atoms with E-state index in [2.05, 4.69) is 15.0 Å². The van der Waals surface area contributed by atoms with Crippen molar-refractivity contribution in [1.82, 2.24) is 9.97 Å². The third-order valence-electron chi connectivity index (χ3n) is 4.50. The number of aryl methyl sites for hydroxylation is 1. The smallest absolute Gasteiger partial charge is 0.335 e. The van der Waals surface area contributed by atoms with Crippen molar-refractivity contribution in [3.63, 3.8) is 0 Å². The van der Waals surface area contributed by atoms with Crippen molar-refractivity contribution >= 4 is 28.9 Å². The van der Waals surface area contributed by atoms with E-state index in [9.17, 15) is 15.0 Å². The molecule has 0 saturated heterocycles. The van der Waals surface area contributed by atoms with Gasteiger partial charge < -0.3 is 20.3 Å². The van der Waals surface area contributed by atoms with Gasteiger partial charge in [-0.1, -0.05) is 6.07 Å². The van der Waals surface area contributed by atoms with Crippen LogP contribution in [0.1, 0.15) is 21.5 Å². The van der Waals surface area contributed by atoms with Gasteiger partial charge in [-0.25, -0.2) is 9.78 Å². The lowest BCUT2D eigenvalue weighted by atomic mass is 10.1. The fourth-order valence-electron chi connectivity index (χ4n) is 2.98. The molecule has 144 valence electrons. The molecule has 4 aromatic rings. The van der Waals surface area contributed by atoms with Gasteiger partial charge in [-0.15, -0.1) is 0 Å². The molecule has 0 saturated carbocycles. The number of aromatic carboxylic acids is 1. The number of nitrogens with zero attached hydrogens (tertiary/aromatic N) is 2. The summed E-state index contributed by atoms with van der Waals surface area (Å²) >= 11 is 0. The number of phenols is 2. The topological polar surface area (TPSA) is 119 Å². The number of aliphatic imine (C=N–C) groups is 1. The molecule has 0 unspecified atom stereocenters. The van der Waals surface area contributed by atoms with E-state index in [-0.39, 0.29) is 22.6 Å². The van der Waals surface area contributed by atoms with Gasteiger partial charge in [0, 0.05) is 11.8 Å². The zero-order chi connectivity index (χ0) is 20.5. The number of phenolic OH excluding ortho intramolecular Hbond substituents is 2. The number of aromatic amines is 1. The van der Waals surface area contributed by atoms with Gasteiger partial charge in [0.05, 0.1) is 27.8 Å². The molecule has 0 radical (unpaired) electrons. The van der Waals surface area contributed by atoms with E-state index in [1.807, 2.05) is 25.1 Å². The largest absolute Gasteiger partial charge is 0.507 e. The number of aromatic hydroxyl groups is 2. The Labute approximate surface area is 165 Å². The van der Waals surface area contributed by atoms with E-state index in [1.54, 1.807) is 12.1 Å². The second-order valence-corrected chi connectivity index (χ2v) is 6.64. The number of rotatable bonds is 4. The Balaban J connectivity index is 1.71. The van der Waals surface area contributed by atoms with Crippen LogP contribution in [0, 0.1) is 6.92 Å². The molecular weight excluding hydrogens is 370 g/mol. The second kappa shape index (κ2) is 7.12. The number of fused-ring (bicyclic) bond motifs is 1. The van der Waals surface area contributed by atoms with Crippen LogP contribution in [0.15, 0.2) is 59.6 Å². The Morgan fingerprint density at radius 3 is 2.62 bits per heavy atom. The maximum absolute atomic E-state index is 11.1. The molecule has 0 fully saturated rings. The molecule has 1 heterocycles. The molecule has 29 heavy (non-hydrogen) atoms. The number of carboxylic acids is 1. The summed E-state index contributed by atoms with van der Waals surface area (Å²) in [4.78, 5) is 23.1. The first-order valence-corrected chi connectivity index (χ1v) is 8.81. The molecule has 0 amide bonds. The number of H-pyrrole nitrogens is 1. The Bertz CT molecular complexity index is 1270. The van der Waals surface area contributed by atoms with Gasteiger partial charge in [-0.2, -0.15) is 0 Å². The van der Waals surface area contributed by atoms with Crippen LogP contribution < -0.4 is 0 Å². The minimum atomic E-state index is -1.09. The van der Waals surface area contributed by atoms with Crippen molar-refractivity contribution in [3.05, 3.63) is 71.3 Å². The number of carbonyl (C=O) groups is 1. The molecule has 0 aliphatic rings. The fourth-order valence-corrected chi connectivity index (χ4v) is 2.98. The number of benzene rings is 3. The number of nitrogens with one attached hydrogen (secondary N) is 1. The van der Waals surface area contributed by atoms with Crippen molar-refractivity contribution in [2.24, 2.45) is 4.99 Å². The van der Waals surface area contributed by atoms with E-state index >= 15 is 0 Å². The van der Waals surface area contributed by atoms with E-state index < -0.39 is 5.97 Å². The second-order valence-electron chi connectivity index (χ2n) is 6.64. The number of imidazole rings is 1. The Morgan fingerprint density at radius 1 is 1.03 bits per heavy atom. The molecular formula is C22H17N3O4. The summed E-state index contributed by atoms with van der Waals surface area (Å²) in [6, 6.07) is 14.6. The molecule has 3 aromatic carbocycles. The van der Waals surface area contributed by atoms with E-state index in [4.69, 9.17) is 5.11 Å². The highest BCUT2D eigenvalue weighted by molar-refractivity contribution is 5.93. The molecule has 7 nitrogen and oxygen atoms in total. The van der Waals surface area contributed by atoms with Gasteiger partial charge in [0.15, 0.2) is 0 Å². The normalized spacial score (nSPS) is 11.3. The molecule has 7 heteroatoms. The summed E-state index contributed by atoms with van der Waals surface area (Å²) in [5, 5.41) is 29.3. The summed E-state index contributed by atoms with van der Waals surface area (Å²) < 4.78 is 0. The number of hydrogen-bond acceptors (Lipinski definition) is 5. The van der Waals surface area contributed by atoms with Gasteiger partial charge in [0.1, 0.15) is 17.3 Å². The van der Waals surface area contributed by atoms with Gasteiger partial charge in [0.2, 0.25) is 0 Å². The standard InChI is InChI=1S/C22H17N3O4/c1-12-2-5-17-18(8-12)25-21(24-17)16-10-15(4-7-20(16)27)23-11-14-9-13(22(28)29)3-6-19(14)26/h2-11,26-27H,1H3,(H,24,25)(H,28,29). The van der Waals surface area contributed by atoms with E-state index in [0.29, 0.717) is 17.1 Å². The number of hydrogen-bond donors (Lipinski definition) is 4. The SMILES string of the molecule is Cc1ccc2nc(-c3cc(N=Cc4cc(C(=O)O)ccc4O)ccc3O)[nH]c2c1. The number of carboxylic acid groups (broad SMARTS) is 1. The average molecular weight is 387 g/mol. The average Bonchev–Trinajstić information content (AvgIpc) is 3.11. The maximum atomic E-state index is 11.1. The zero-order valence-corrected chi connectivity index (χ0v) is 15.4. The molecule has 4 N–H and O–H groups in total. The molecule has 1 aromatic heterocycles. The first kappa shape index (κ1) is 18.2. The van der Waals surface area contributed by atoms with Gasteiger partial charge in [-0.3, -0.25) is 4.99 Å². The summed E-state index contributed by atoms with van der Waals surface area (Å²) in [6.45, 7) is 1.99. The summed E-state index contributed by atoms with van der Waals surface area (Å²) in [5.41, 5.74) is 4.07. The monoisotopic (exact) mass is 387 g/mol. The van der Waals surface area contributed by atoms with Crippen molar-refractivity contribution in [1.29, 1.82) is 0 Å². The van der Waals surface area contributed by atoms with Crippen molar-refractivity contribution in [2.75, 3.05) is 0 Å². The van der Waals surface area contributed by atoms with E-state index in [0.717, 1.165) is 16.6 Å². The summed E-state index contributed by atoms with van der Waals surface area (Å²) in [7, 11) is 0. The third-order valence-corrected chi connectivity index (χ3v) is 4.50. The minimum Gasteiger partial charge on any atom is -0.507 e. The third kappa shape index (κ3) is 3.66. The highest BCUT2D eigenvalue weighted by atomic mass is 16.4. The quantitative estimate of drug-likeness (QED) is 0.387. The fraction of sp³-hybridized carbons (Fsp3) is 0.0455. The number of aromatic nitrogens is 2. The first-order chi connectivity index (χ1) is 13.9. The van der Waals surface area contributed by atoms with Crippen molar-refractivity contribution < 1.29 is 20.1 Å². The zero-order valence-electron chi connectivity index (χ0n) is 15.4. The highest BCUT2D eigenvalue weighted by Gasteiger charge is 2.11. The molecule has 4 rings (SSSR count). The van der Waals surface area contributed by atoms with Crippen LogP contribution in [0.25, 0.3) is 22.4 Å². The van der Waals surface area contributed by atoms with Gasteiger partial charge in [0.25, 0.3) is 0 Å². The maximum Gasteiger partial charge on any atom is 0.335 e. The molecule has 0 aliphatic carbocycles. The predicted molar refractivity (Wildman–Crippen MR) is 110 cm³/mol. The molecule has 0 bridgehead atoms. The van der Waals surface area contributed by atoms with Crippen LogP contribution in [-0.2, 0) is 0 Å². The Hall–Kier alpha value is -4.13. The van der Waals surface area contributed by atoms with Crippen LogP contribution in [0.5, 0.6) is 11.5 Å². The lowest BCUT2D eigenvalue weighted by molar-refractivity contribution is 0.0697. The molecule has 0 atom stereocenters. The van der Waals surface area contributed by atoms with Crippen LogP contribution in [0.4, 0.5) is 5.69 Å². The minimum absolute atomic E-state index is 0.0493. The van der Waals surface area contributed by atoms with Crippen LogP contribution in [-0.4, -0.2) is 37.5 Å². The molecule has 0 aliphatic heterocycles. The predicted octanol–water partition coefficient (Wildman–Crippen LogP) is 4.40. The lowest BCUT2D eigenvalue weighted by Gasteiger charge is -2.04. The highest BCUT2D eigenvalue weighted by Crippen LogP contribution is 2.32. The van der Waals surface area contributed by atoms with Crippen molar-refractivity contribution in [3.8, 4) is 22.9 Å². The van der Waals surface area contributed by atoms with Gasteiger partial charge in [-0.05, 0) is 61.0 Å². The Kier molecular flexibility index (Phi) is 4.48. The van der Waals surface area contributed by atoms with Crippen LogP contribution in [0.3, 0.4) is 0 Å². The van der Waals surface area contributed by atoms with Crippen LogP contribution >= 0.6 is 0 Å². The molecule has 0 spiro atoms. The lowest BCUT2D eigenvalue weighted by Crippen LogP contribution is -1.97.